The summed E-state index contributed by atoms with van der Waals surface area (Å²) >= 11 is 0. The molecule has 0 bridgehead atoms. The van der Waals surface area contributed by atoms with Crippen molar-refractivity contribution in [2.24, 2.45) is 5.92 Å². The second-order valence-corrected chi connectivity index (χ2v) is 10.6. The molecule has 0 fully saturated rings. The number of rotatable bonds is 8. The molecule has 0 aliphatic heterocycles. The Morgan fingerprint density at radius 2 is 1.68 bits per heavy atom. The van der Waals surface area contributed by atoms with E-state index in [1.807, 2.05) is 18.2 Å². The van der Waals surface area contributed by atoms with Gasteiger partial charge in [-0.3, -0.25) is 4.79 Å². The zero-order valence-corrected chi connectivity index (χ0v) is 20.4. The fourth-order valence-electron chi connectivity index (χ4n) is 3.56. The first kappa shape index (κ1) is 25.6. The van der Waals surface area contributed by atoms with Crippen LogP contribution in [0.15, 0.2) is 77.7 Å². The number of anilines is 1. The smallest absolute Gasteiger partial charge is 0.255 e. The summed E-state index contributed by atoms with van der Waals surface area (Å²) in [6.07, 6.45) is -0.879. The summed E-state index contributed by atoms with van der Waals surface area (Å²) in [4.78, 5) is 12.6. The van der Waals surface area contributed by atoms with Gasteiger partial charge in [-0.2, -0.15) is 0 Å². The Labute approximate surface area is 199 Å². The van der Waals surface area contributed by atoms with E-state index in [-0.39, 0.29) is 16.3 Å². The quantitative estimate of drug-likeness (QED) is 0.427. The van der Waals surface area contributed by atoms with Crippen LogP contribution in [0.1, 0.15) is 48.4 Å². The van der Waals surface area contributed by atoms with E-state index in [0.717, 1.165) is 0 Å². The second kappa shape index (κ2) is 10.0. The van der Waals surface area contributed by atoms with Crippen LogP contribution in [0, 0.1) is 18.7 Å². The van der Waals surface area contributed by atoms with E-state index < -0.39 is 33.5 Å². The number of aryl methyl sites for hydroxylation is 1. The van der Waals surface area contributed by atoms with Gasteiger partial charge >= 0.3 is 0 Å². The molecule has 8 heteroatoms. The number of amides is 1. The third-order valence-corrected chi connectivity index (χ3v) is 7.64. The first-order chi connectivity index (χ1) is 15.9. The van der Waals surface area contributed by atoms with Crippen molar-refractivity contribution < 1.29 is 22.7 Å². The largest absolute Gasteiger partial charge is 0.388 e. The van der Waals surface area contributed by atoms with Crippen LogP contribution in [-0.4, -0.2) is 25.0 Å². The fourth-order valence-corrected chi connectivity index (χ4v) is 5.10. The van der Waals surface area contributed by atoms with Gasteiger partial charge in [0.05, 0.1) is 11.0 Å². The summed E-state index contributed by atoms with van der Waals surface area (Å²) in [5, 5.41) is 13.4. The molecule has 0 saturated heterocycles. The standard InChI is InChI=1S/C26H29FN2O4S/c1-17-15-21(13-14-23(17)27)28-25(31)20-11-8-12-22(16-20)34(32,33)29-26(3,4)18(2)24(30)19-9-6-5-7-10-19/h5-16,18,24,29-30H,1-4H3,(H,28,31). The molecule has 2 unspecified atom stereocenters. The lowest BCUT2D eigenvalue weighted by molar-refractivity contribution is 0.0744. The van der Waals surface area contributed by atoms with Gasteiger partial charge in [-0.25, -0.2) is 17.5 Å². The fraction of sp³-hybridized carbons (Fsp3) is 0.269. The van der Waals surface area contributed by atoms with Gasteiger partial charge in [0.25, 0.3) is 5.91 Å². The third kappa shape index (κ3) is 5.88. The minimum atomic E-state index is -4.01. The molecule has 0 spiro atoms. The van der Waals surface area contributed by atoms with E-state index >= 15 is 0 Å². The van der Waals surface area contributed by atoms with E-state index in [4.69, 9.17) is 0 Å². The number of aliphatic hydroxyl groups is 1. The minimum absolute atomic E-state index is 0.0788. The van der Waals surface area contributed by atoms with Gasteiger partial charge in [-0.1, -0.05) is 43.3 Å². The lowest BCUT2D eigenvalue weighted by Gasteiger charge is -2.35. The van der Waals surface area contributed by atoms with Crippen LogP contribution < -0.4 is 10.0 Å². The molecule has 3 N–H and O–H groups in total. The van der Waals surface area contributed by atoms with Crippen LogP contribution in [0.3, 0.4) is 0 Å². The number of hydrogen-bond donors (Lipinski definition) is 3. The Morgan fingerprint density at radius 1 is 1.00 bits per heavy atom. The minimum Gasteiger partial charge on any atom is -0.388 e. The molecule has 3 rings (SSSR count). The van der Waals surface area contributed by atoms with E-state index in [9.17, 15) is 22.7 Å². The normalized spacial score (nSPS) is 13.8. The summed E-state index contributed by atoms with van der Waals surface area (Å²) in [6, 6.07) is 18.9. The maximum atomic E-state index is 13.5. The van der Waals surface area contributed by atoms with Crippen molar-refractivity contribution >= 4 is 21.6 Å². The van der Waals surface area contributed by atoms with Gasteiger partial charge in [-0.15, -0.1) is 0 Å². The van der Waals surface area contributed by atoms with E-state index in [1.165, 1.54) is 42.5 Å². The number of benzene rings is 3. The SMILES string of the molecule is Cc1cc(NC(=O)c2cccc(S(=O)(=O)NC(C)(C)C(C)C(O)c3ccccc3)c2)ccc1F. The predicted octanol–water partition coefficient (Wildman–Crippen LogP) is 4.81. The first-order valence-electron chi connectivity index (χ1n) is 10.9. The molecule has 3 aromatic carbocycles. The summed E-state index contributed by atoms with van der Waals surface area (Å²) < 4.78 is 42.5. The number of aliphatic hydroxyl groups excluding tert-OH is 1. The first-order valence-corrected chi connectivity index (χ1v) is 12.3. The van der Waals surface area contributed by atoms with Crippen LogP contribution in [0.2, 0.25) is 0 Å². The third-order valence-electron chi connectivity index (χ3n) is 5.97. The molecular formula is C26H29FN2O4S. The van der Waals surface area contributed by atoms with Crippen molar-refractivity contribution in [1.29, 1.82) is 0 Å². The highest BCUT2D eigenvalue weighted by atomic mass is 32.2. The van der Waals surface area contributed by atoms with Gasteiger partial charge < -0.3 is 10.4 Å². The molecule has 0 radical (unpaired) electrons. The highest BCUT2D eigenvalue weighted by Crippen LogP contribution is 2.31. The van der Waals surface area contributed by atoms with Crippen LogP contribution >= 0.6 is 0 Å². The van der Waals surface area contributed by atoms with E-state index in [0.29, 0.717) is 16.8 Å². The average molecular weight is 485 g/mol. The highest BCUT2D eigenvalue weighted by molar-refractivity contribution is 7.89. The molecular weight excluding hydrogens is 455 g/mol. The number of halogens is 1. The summed E-state index contributed by atoms with van der Waals surface area (Å²) in [5.41, 5.74) is 0.613. The number of nitrogens with one attached hydrogen (secondary N) is 2. The Balaban J connectivity index is 1.78. The second-order valence-electron chi connectivity index (χ2n) is 8.92. The molecule has 1 amide bonds. The van der Waals surface area contributed by atoms with Crippen molar-refractivity contribution in [3.63, 3.8) is 0 Å². The molecule has 0 aromatic heterocycles. The van der Waals surface area contributed by atoms with Gasteiger partial charge in [0, 0.05) is 22.7 Å². The molecule has 0 aliphatic carbocycles. The van der Waals surface area contributed by atoms with Crippen molar-refractivity contribution in [3.05, 3.63) is 95.3 Å². The van der Waals surface area contributed by atoms with Crippen LogP contribution in [0.25, 0.3) is 0 Å². The number of hydrogen-bond acceptors (Lipinski definition) is 4. The lowest BCUT2D eigenvalue weighted by Crippen LogP contribution is -2.49. The monoisotopic (exact) mass is 484 g/mol. The molecule has 6 nitrogen and oxygen atoms in total. The average Bonchev–Trinajstić information content (AvgIpc) is 2.80. The van der Waals surface area contributed by atoms with Crippen LogP contribution in [0.5, 0.6) is 0 Å². The van der Waals surface area contributed by atoms with Gasteiger partial charge in [0.1, 0.15) is 5.82 Å². The number of carbonyl (C=O) groups excluding carboxylic acids is 1. The van der Waals surface area contributed by atoms with E-state index in [1.54, 1.807) is 39.8 Å². The van der Waals surface area contributed by atoms with Crippen molar-refractivity contribution in [3.8, 4) is 0 Å². The summed E-state index contributed by atoms with van der Waals surface area (Å²) in [5.74, 6) is -1.36. The molecule has 34 heavy (non-hydrogen) atoms. The van der Waals surface area contributed by atoms with Gasteiger partial charge in [-0.05, 0) is 68.3 Å². The molecule has 0 aliphatic rings. The summed E-state index contributed by atoms with van der Waals surface area (Å²) in [6.45, 7) is 6.76. The molecule has 0 heterocycles. The Hall–Kier alpha value is -3.07. The van der Waals surface area contributed by atoms with Crippen molar-refractivity contribution in [2.45, 2.75) is 44.2 Å². The summed E-state index contributed by atoms with van der Waals surface area (Å²) in [7, 11) is -4.01. The zero-order valence-electron chi connectivity index (χ0n) is 19.5. The predicted molar refractivity (Wildman–Crippen MR) is 130 cm³/mol. The van der Waals surface area contributed by atoms with E-state index in [2.05, 4.69) is 10.0 Å². The molecule has 0 saturated carbocycles. The Bertz CT molecular complexity index is 1280. The Morgan fingerprint density at radius 3 is 2.32 bits per heavy atom. The lowest BCUT2D eigenvalue weighted by atomic mass is 9.83. The zero-order chi connectivity index (χ0) is 25.1. The van der Waals surface area contributed by atoms with Crippen LogP contribution in [0.4, 0.5) is 10.1 Å². The van der Waals surface area contributed by atoms with Crippen LogP contribution in [-0.2, 0) is 10.0 Å². The maximum Gasteiger partial charge on any atom is 0.255 e. The molecule has 2 atom stereocenters. The highest BCUT2D eigenvalue weighted by Gasteiger charge is 2.36. The number of carbonyl (C=O) groups is 1. The topological polar surface area (TPSA) is 95.5 Å². The van der Waals surface area contributed by atoms with Gasteiger partial charge in [0.2, 0.25) is 10.0 Å². The number of sulfonamides is 1. The molecule has 180 valence electrons. The maximum absolute atomic E-state index is 13.5. The molecule has 3 aromatic rings. The van der Waals surface area contributed by atoms with Crippen molar-refractivity contribution in [1.82, 2.24) is 4.72 Å². The van der Waals surface area contributed by atoms with Crippen molar-refractivity contribution in [2.75, 3.05) is 5.32 Å². The Kier molecular flexibility index (Phi) is 7.55. The van der Waals surface area contributed by atoms with Gasteiger partial charge in [0.15, 0.2) is 0 Å².